The molecule has 2 aliphatic rings. The molecule has 0 saturated heterocycles. The maximum absolute atomic E-state index is 13.7. The molecular weight excluding hydrogens is 716 g/mol. The van der Waals surface area contributed by atoms with E-state index in [4.69, 9.17) is 9.47 Å². The molecule has 0 bridgehead atoms. The fraction of sp³-hybridized carbons (Fsp3) is 0.125. The molecule has 0 aromatic heterocycles. The van der Waals surface area contributed by atoms with Crippen LogP contribution in [0.1, 0.15) is 39.9 Å². The van der Waals surface area contributed by atoms with Crippen LogP contribution >= 0.6 is 45.2 Å². The predicted molar refractivity (Wildman–Crippen MR) is 168 cm³/mol. The largest absolute Gasteiger partial charge is 0.487 e. The number of allylic oxidation sites excluding steroid dienone is 2. The Labute approximate surface area is 253 Å². The number of dihydropyridines is 1. The number of hydrogen-bond donors (Lipinski definition) is 1. The lowest BCUT2D eigenvalue weighted by molar-refractivity contribution is -0.136. The summed E-state index contributed by atoms with van der Waals surface area (Å²) in [6.07, 6.45) is 0. The number of rotatable bonds is 5. The number of Topliss-reactive ketones (excluding diaryl/α,β-unsaturated/α-hetero) is 1. The predicted octanol–water partition coefficient (Wildman–Crippen LogP) is 7.37. The van der Waals surface area contributed by atoms with Crippen LogP contribution in [0.3, 0.4) is 0 Å². The molecule has 1 aliphatic heterocycles. The second-order valence-corrected chi connectivity index (χ2v) is 11.9. The first-order valence-electron chi connectivity index (χ1n) is 12.4. The van der Waals surface area contributed by atoms with Gasteiger partial charge >= 0.3 is 5.97 Å². The molecule has 1 aliphatic carbocycles. The van der Waals surface area contributed by atoms with Crippen LogP contribution < -0.4 is 10.1 Å². The summed E-state index contributed by atoms with van der Waals surface area (Å²) < 4.78 is 13.3. The van der Waals surface area contributed by atoms with E-state index in [2.05, 4.69) is 80.8 Å². The molecule has 39 heavy (non-hydrogen) atoms. The molecule has 5 nitrogen and oxygen atoms in total. The SMILES string of the molecule is COC(=O)C1=C(C)NC2=C(C(=O)c3ccccc32)[C@H]1c1cc(I)c(OCc2ccc3ccccc3c2)c(I)c1. The Morgan fingerprint density at radius 2 is 1.56 bits per heavy atom. The summed E-state index contributed by atoms with van der Waals surface area (Å²) in [6, 6.07) is 26.2. The summed E-state index contributed by atoms with van der Waals surface area (Å²) in [5.41, 5.74) is 5.86. The molecule has 0 fully saturated rings. The number of methoxy groups -OCH3 is 1. The van der Waals surface area contributed by atoms with Gasteiger partial charge in [-0.2, -0.15) is 0 Å². The highest BCUT2D eigenvalue weighted by molar-refractivity contribution is 14.1. The van der Waals surface area contributed by atoms with Gasteiger partial charge in [0.05, 0.1) is 25.5 Å². The third kappa shape index (κ3) is 4.55. The van der Waals surface area contributed by atoms with Crippen molar-refractivity contribution in [2.24, 2.45) is 0 Å². The first-order valence-corrected chi connectivity index (χ1v) is 14.6. The zero-order valence-corrected chi connectivity index (χ0v) is 25.5. The summed E-state index contributed by atoms with van der Waals surface area (Å²) in [4.78, 5) is 26.7. The molecule has 0 unspecified atom stereocenters. The number of ether oxygens (including phenoxy) is 2. The highest BCUT2D eigenvalue weighted by Gasteiger charge is 2.43. The second-order valence-electron chi connectivity index (χ2n) is 9.54. The van der Waals surface area contributed by atoms with E-state index in [9.17, 15) is 9.59 Å². The van der Waals surface area contributed by atoms with Crippen LogP contribution in [0.4, 0.5) is 0 Å². The Morgan fingerprint density at radius 3 is 2.28 bits per heavy atom. The maximum atomic E-state index is 13.7. The highest BCUT2D eigenvalue weighted by atomic mass is 127. The van der Waals surface area contributed by atoms with Crippen LogP contribution in [-0.2, 0) is 16.1 Å². The molecule has 0 radical (unpaired) electrons. The van der Waals surface area contributed by atoms with Crippen molar-refractivity contribution in [3.63, 3.8) is 0 Å². The Hall–Kier alpha value is -3.18. The number of nitrogens with one attached hydrogen (secondary N) is 1. The van der Waals surface area contributed by atoms with Crippen LogP contribution in [0.5, 0.6) is 5.75 Å². The van der Waals surface area contributed by atoms with Crippen LogP contribution in [0.2, 0.25) is 0 Å². The molecule has 0 spiro atoms. The quantitative estimate of drug-likeness (QED) is 0.171. The molecule has 0 saturated carbocycles. The Balaban J connectivity index is 1.38. The zero-order valence-electron chi connectivity index (χ0n) is 21.2. The second kappa shape index (κ2) is 10.4. The number of esters is 1. The molecule has 4 aromatic carbocycles. The van der Waals surface area contributed by atoms with Crippen molar-refractivity contribution in [2.45, 2.75) is 19.4 Å². The van der Waals surface area contributed by atoms with Crippen molar-refractivity contribution >= 4 is 73.4 Å². The zero-order chi connectivity index (χ0) is 27.3. The van der Waals surface area contributed by atoms with Crippen molar-refractivity contribution in [2.75, 3.05) is 7.11 Å². The van der Waals surface area contributed by atoms with E-state index in [1.165, 1.54) is 17.9 Å². The number of fused-ring (bicyclic) bond motifs is 3. The van der Waals surface area contributed by atoms with Crippen molar-refractivity contribution in [3.8, 4) is 5.75 Å². The minimum Gasteiger partial charge on any atom is -0.487 e. The molecule has 7 heteroatoms. The lowest BCUT2D eigenvalue weighted by Gasteiger charge is -2.29. The van der Waals surface area contributed by atoms with Crippen LogP contribution in [0, 0.1) is 7.14 Å². The lowest BCUT2D eigenvalue weighted by Crippen LogP contribution is -2.29. The molecular formula is C32H23I2NO4. The van der Waals surface area contributed by atoms with Gasteiger partial charge in [-0.1, -0.05) is 60.7 Å². The summed E-state index contributed by atoms with van der Waals surface area (Å²) in [5, 5.41) is 5.70. The van der Waals surface area contributed by atoms with Gasteiger partial charge in [0.15, 0.2) is 5.78 Å². The minimum absolute atomic E-state index is 0.0753. The fourth-order valence-electron chi connectivity index (χ4n) is 5.41. The van der Waals surface area contributed by atoms with E-state index >= 15 is 0 Å². The summed E-state index contributed by atoms with van der Waals surface area (Å²) in [7, 11) is 1.37. The average molecular weight is 739 g/mol. The van der Waals surface area contributed by atoms with Gasteiger partial charge in [0.25, 0.3) is 0 Å². The number of ketones is 1. The van der Waals surface area contributed by atoms with Gasteiger partial charge in [-0.3, -0.25) is 4.79 Å². The minimum atomic E-state index is -0.565. The Bertz CT molecular complexity index is 1730. The normalized spacial score (nSPS) is 16.2. The standard InChI is InChI=1S/C32H23I2NO4/c1-17-26(32(37)38-2)27(28-29(35-17)22-9-5-6-10-23(22)30(28)36)21-14-24(33)31(25(34)15-21)39-16-18-11-12-19-7-3-4-8-20(19)13-18/h3-15,27,35H,16H2,1-2H3/t27-/m0/s1. The van der Waals surface area contributed by atoms with Gasteiger partial charge in [0.2, 0.25) is 0 Å². The maximum Gasteiger partial charge on any atom is 0.336 e. The van der Waals surface area contributed by atoms with E-state index in [-0.39, 0.29) is 5.78 Å². The Morgan fingerprint density at radius 1 is 0.897 bits per heavy atom. The average Bonchev–Trinajstić information content (AvgIpc) is 3.22. The number of hydrogen-bond acceptors (Lipinski definition) is 5. The van der Waals surface area contributed by atoms with E-state index < -0.39 is 11.9 Å². The van der Waals surface area contributed by atoms with E-state index in [0.29, 0.717) is 29.0 Å². The van der Waals surface area contributed by atoms with Crippen molar-refractivity contribution < 1.29 is 19.1 Å². The number of benzene rings is 4. The summed E-state index contributed by atoms with van der Waals surface area (Å²) in [6.45, 7) is 2.28. The lowest BCUT2D eigenvalue weighted by atomic mass is 9.80. The van der Waals surface area contributed by atoms with Crippen LogP contribution in [0.25, 0.3) is 16.5 Å². The first kappa shape index (κ1) is 26.1. The van der Waals surface area contributed by atoms with Gasteiger partial charge < -0.3 is 14.8 Å². The molecule has 4 aromatic rings. The number of halogens is 2. The van der Waals surface area contributed by atoms with E-state index in [1.807, 2.05) is 55.5 Å². The van der Waals surface area contributed by atoms with Crippen molar-refractivity contribution in [1.82, 2.24) is 5.32 Å². The number of carbonyl (C=O) groups excluding carboxylic acids is 2. The topological polar surface area (TPSA) is 64.6 Å². The van der Waals surface area contributed by atoms with Gasteiger partial charge in [0.1, 0.15) is 12.4 Å². The van der Waals surface area contributed by atoms with Crippen LogP contribution in [0.15, 0.2) is 95.7 Å². The van der Waals surface area contributed by atoms with Crippen molar-refractivity contribution in [1.29, 1.82) is 0 Å². The molecule has 0 amide bonds. The molecule has 1 atom stereocenters. The van der Waals surface area contributed by atoms with Gasteiger partial charge in [-0.25, -0.2) is 4.79 Å². The van der Waals surface area contributed by atoms with Gasteiger partial charge in [-0.15, -0.1) is 0 Å². The fourth-order valence-corrected chi connectivity index (χ4v) is 7.54. The highest BCUT2D eigenvalue weighted by Crippen LogP contribution is 2.48. The molecule has 1 N–H and O–H groups in total. The van der Waals surface area contributed by atoms with E-state index in [0.717, 1.165) is 35.3 Å². The number of carbonyl (C=O) groups is 2. The van der Waals surface area contributed by atoms with E-state index in [1.54, 1.807) is 0 Å². The van der Waals surface area contributed by atoms with Gasteiger partial charge in [0, 0.05) is 28.3 Å². The Kier molecular flexibility index (Phi) is 6.96. The smallest absolute Gasteiger partial charge is 0.336 e. The molecule has 194 valence electrons. The van der Waals surface area contributed by atoms with Crippen LogP contribution in [-0.4, -0.2) is 18.9 Å². The molecule has 1 heterocycles. The summed E-state index contributed by atoms with van der Waals surface area (Å²) >= 11 is 4.54. The van der Waals surface area contributed by atoms with Gasteiger partial charge in [-0.05, 0) is 92.2 Å². The third-order valence-electron chi connectivity index (χ3n) is 7.21. The summed E-state index contributed by atoms with van der Waals surface area (Å²) in [5.74, 6) is -0.321. The first-order chi connectivity index (χ1) is 18.9. The molecule has 6 rings (SSSR count). The third-order valence-corrected chi connectivity index (χ3v) is 8.81. The monoisotopic (exact) mass is 739 g/mol. The van der Waals surface area contributed by atoms with Crippen molar-refractivity contribution in [3.05, 3.63) is 125 Å².